The van der Waals surface area contributed by atoms with E-state index in [4.69, 9.17) is 17.3 Å². The summed E-state index contributed by atoms with van der Waals surface area (Å²) in [5.41, 5.74) is 10.5. The Morgan fingerprint density at radius 1 is 1.40 bits per heavy atom. The van der Waals surface area contributed by atoms with Crippen LogP contribution in [0.3, 0.4) is 0 Å². The van der Waals surface area contributed by atoms with Crippen LogP contribution in [0.15, 0.2) is 22.7 Å². The number of aromatic nitrogens is 2. The van der Waals surface area contributed by atoms with Crippen LogP contribution in [-0.2, 0) is 13.0 Å². The number of rotatable bonds is 4. The maximum atomic E-state index is 6.37. The van der Waals surface area contributed by atoms with E-state index >= 15 is 0 Å². The second-order valence-corrected chi connectivity index (χ2v) is 6.23. The number of halogens is 2. The van der Waals surface area contributed by atoms with Crippen LogP contribution in [0, 0.1) is 13.8 Å². The fourth-order valence-corrected chi connectivity index (χ4v) is 3.08. The summed E-state index contributed by atoms with van der Waals surface area (Å²) in [5, 5.41) is 5.16. The number of hydrogen-bond donors (Lipinski definition) is 1. The van der Waals surface area contributed by atoms with Crippen LogP contribution in [0.25, 0.3) is 0 Å². The molecule has 108 valence electrons. The molecule has 0 fully saturated rings. The molecule has 3 nitrogen and oxygen atoms in total. The summed E-state index contributed by atoms with van der Waals surface area (Å²) in [4.78, 5) is 0. The van der Waals surface area contributed by atoms with E-state index in [0.717, 1.165) is 33.0 Å². The molecule has 2 aromatic rings. The highest BCUT2D eigenvalue weighted by molar-refractivity contribution is 9.10. The molecular weight excluding hydrogens is 338 g/mol. The third-order valence-corrected chi connectivity index (χ3v) is 4.63. The lowest BCUT2D eigenvalue weighted by atomic mass is 10.0. The highest BCUT2D eigenvalue weighted by Crippen LogP contribution is 2.29. The van der Waals surface area contributed by atoms with Gasteiger partial charge in [0.2, 0.25) is 0 Å². The van der Waals surface area contributed by atoms with Crippen molar-refractivity contribution in [2.75, 3.05) is 0 Å². The van der Waals surface area contributed by atoms with Crippen molar-refractivity contribution in [2.45, 2.75) is 39.8 Å². The first-order valence-corrected chi connectivity index (χ1v) is 7.84. The van der Waals surface area contributed by atoms with Crippen molar-refractivity contribution in [1.82, 2.24) is 9.78 Å². The zero-order valence-corrected chi connectivity index (χ0v) is 14.3. The normalized spacial score (nSPS) is 12.7. The monoisotopic (exact) mass is 355 g/mol. The molecule has 0 aliphatic rings. The van der Waals surface area contributed by atoms with Crippen LogP contribution in [0.5, 0.6) is 0 Å². The molecule has 2 rings (SSSR count). The van der Waals surface area contributed by atoms with Gasteiger partial charge in [-0.25, -0.2) is 0 Å². The Bertz CT molecular complexity index is 622. The summed E-state index contributed by atoms with van der Waals surface area (Å²) >= 11 is 9.91. The van der Waals surface area contributed by atoms with Crippen LogP contribution in [0.4, 0.5) is 0 Å². The minimum atomic E-state index is -0.108. The fraction of sp³-hybridized carbons (Fsp3) is 0.400. The second kappa shape index (κ2) is 6.29. The first-order chi connectivity index (χ1) is 9.43. The lowest BCUT2D eigenvalue weighted by molar-refractivity contribution is 0.586. The third-order valence-electron chi connectivity index (χ3n) is 3.42. The van der Waals surface area contributed by atoms with E-state index in [2.05, 4.69) is 47.0 Å². The summed E-state index contributed by atoms with van der Waals surface area (Å²) in [6, 6.07) is 6.10. The lowest BCUT2D eigenvalue weighted by Crippen LogP contribution is -2.17. The van der Waals surface area contributed by atoms with E-state index in [1.54, 1.807) is 0 Å². The highest BCUT2D eigenvalue weighted by Gasteiger charge is 2.18. The Kier molecular flexibility index (Phi) is 4.89. The van der Waals surface area contributed by atoms with Gasteiger partial charge in [-0.1, -0.05) is 45.2 Å². The van der Waals surface area contributed by atoms with Crippen LogP contribution in [0.1, 0.15) is 35.5 Å². The molecule has 1 aromatic carbocycles. The van der Waals surface area contributed by atoms with E-state index in [-0.39, 0.29) is 6.04 Å². The molecule has 1 heterocycles. The Morgan fingerprint density at radius 3 is 2.75 bits per heavy atom. The third kappa shape index (κ3) is 3.08. The van der Waals surface area contributed by atoms with Crippen LogP contribution >= 0.6 is 27.5 Å². The van der Waals surface area contributed by atoms with Gasteiger partial charge in [0.15, 0.2) is 0 Å². The van der Waals surface area contributed by atoms with Gasteiger partial charge in [-0.05, 0) is 32.4 Å². The molecule has 0 radical (unpaired) electrons. The van der Waals surface area contributed by atoms with Gasteiger partial charge in [0.05, 0.1) is 16.4 Å². The average molecular weight is 357 g/mol. The van der Waals surface area contributed by atoms with Gasteiger partial charge in [-0.3, -0.25) is 4.68 Å². The Labute approximate surface area is 133 Å². The van der Waals surface area contributed by atoms with Crippen molar-refractivity contribution < 1.29 is 0 Å². The number of benzene rings is 1. The molecule has 0 aliphatic carbocycles. The average Bonchev–Trinajstić information content (AvgIpc) is 2.69. The van der Waals surface area contributed by atoms with Crippen LogP contribution in [0.2, 0.25) is 5.02 Å². The van der Waals surface area contributed by atoms with Crippen molar-refractivity contribution in [2.24, 2.45) is 5.73 Å². The fourth-order valence-electron chi connectivity index (χ4n) is 2.33. The molecule has 0 aliphatic heterocycles. The molecule has 0 amide bonds. The molecular formula is C15H19BrClN3. The summed E-state index contributed by atoms with van der Waals surface area (Å²) in [6.45, 7) is 6.84. The number of nitrogens with two attached hydrogens (primary N) is 1. The molecule has 0 spiro atoms. The Morgan fingerprint density at radius 2 is 2.10 bits per heavy atom. The molecule has 1 aromatic heterocycles. The van der Waals surface area contributed by atoms with E-state index in [1.165, 1.54) is 5.56 Å². The molecule has 1 unspecified atom stereocenters. The number of nitrogens with zero attached hydrogens (tertiary/aromatic N) is 2. The Hall–Kier alpha value is -0.840. The quantitative estimate of drug-likeness (QED) is 0.893. The maximum Gasteiger partial charge on any atom is 0.0847 e. The van der Waals surface area contributed by atoms with Gasteiger partial charge in [-0.15, -0.1) is 0 Å². The minimum Gasteiger partial charge on any atom is -0.324 e. The number of hydrogen-bond acceptors (Lipinski definition) is 2. The van der Waals surface area contributed by atoms with Gasteiger partial charge >= 0.3 is 0 Å². The predicted octanol–water partition coefficient (Wildman–Crippen LogP) is 4.18. The summed E-state index contributed by atoms with van der Waals surface area (Å²) < 4.78 is 2.97. The smallest absolute Gasteiger partial charge is 0.0847 e. The highest BCUT2D eigenvalue weighted by atomic mass is 79.9. The topological polar surface area (TPSA) is 43.8 Å². The van der Waals surface area contributed by atoms with Crippen LogP contribution in [-0.4, -0.2) is 9.78 Å². The molecule has 1 atom stereocenters. The van der Waals surface area contributed by atoms with Gasteiger partial charge in [0, 0.05) is 23.5 Å². The minimum absolute atomic E-state index is 0.108. The molecule has 0 saturated carbocycles. The molecule has 5 heteroatoms. The van der Waals surface area contributed by atoms with E-state index in [9.17, 15) is 0 Å². The second-order valence-electron chi connectivity index (χ2n) is 5.00. The van der Waals surface area contributed by atoms with Crippen molar-refractivity contribution in [3.63, 3.8) is 0 Å². The largest absolute Gasteiger partial charge is 0.324 e. The van der Waals surface area contributed by atoms with Gasteiger partial charge in [0.1, 0.15) is 0 Å². The van der Waals surface area contributed by atoms with E-state index < -0.39 is 0 Å². The van der Waals surface area contributed by atoms with E-state index in [1.807, 2.05) is 17.7 Å². The SMILES string of the molecule is CCn1nc(C)c(Cl)c1CC(N)c1cc(C)ccc1Br. The summed E-state index contributed by atoms with van der Waals surface area (Å²) in [5.74, 6) is 0. The predicted molar refractivity (Wildman–Crippen MR) is 87.2 cm³/mol. The Balaban J connectivity index is 2.32. The van der Waals surface area contributed by atoms with Crippen molar-refractivity contribution >= 4 is 27.5 Å². The van der Waals surface area contributed by atoms with Crippen molar-refractivity contribution in [3.8, 4) is 0 Å². The summed E-state index contributed by atoms with van der Waals surface area (Å²) in [7, 11) is 0. The first kappa shape index (κ1) is 15.5. The van der Waals surface area contributed by atoms with E-state index in [0.29, 0.717) is 6.42 Å². The maximum absolute atomic E-state index is 6.37. The van der Waals surface area contributed by atoms with Crippen molar-refractivity contribution in [3.05, 3.63) is 50.2 Å². The van der Waals surface area contributed by atoms with Gasteiger partial charge < -0.3 is 5.73 Å². The molecule has 20 heavy (non-hydrogen) atoms. The zero-order chi connectivity index (χ0) is 14.9. The lowest BCUT2D eigenvalue weighted by Gasteiger charge is -2.16. The zero-order valence-electron chi connectivity index (χ0n) is 12.0. The first-order valence-electron chi connectivity index (χ1n) is 6.67. The molecule has 0 saturated heterocycles. The number of aryl methyl sites for hydroxylation is 3. The molecule has 0 bridgehead atoms. The standard InChI is InChI=1S/C15H19BrClN3/c1-4-20-14(15(17)10(3)19-20)8-13(18)11-7-9(2)5-6-12(11)16/h5-7,13H,4,8,18H2,1-3H3. The van der Waals surface area contributed by atoms with Gasteiger partial charge in [-0.2, -0.15) is 5.10 Å². The summed E-state index contributed by atoms with van der Waals surface area (Å²) in [6.07, 6.45) is 0.676. The van der Waals surface area contributed by atoms with Crippen LogP contribution < -0.4 is 5.73 Å². The van der Waals surface area contributed by atoms with Gasteiger partial charge in [0.25, 0.3) is 0 Å². The van der Waals surface area contributed by atoms with Crippen molar-refractivity contribution in [1.29, 1.82) is 0 Å². The molecule has 2 N–H and O–H groups in total.